The van der Waals surface area contributed by atoms with Crippen molar-refractivity contribution in [3.05, 3.63) is 0 Å². The Kier molecular flexibility index (Phi) is 2.90. The summed E-state index contributed by atoms with van der Waals surface area (Å²) >= 11 is 0. The maximum Gasteiger partial charge on any atom is 0.0255 e. The van der Waals surface area contributed by atoms with Gasteiger partial charge in [0.05, 0.1) is 0 Å². The molecule has 1 heterocycles. The molecule has 1 unspecified atom stereocenters. The first kappa shape index (κ1) is 9.01. The van der Waals surface area contributed by atoms with Crippen LogP contribution in [0.2, 0.25) is 0 Å². The Balaban J connectivity index is 2.34. The Labute approximate surface area is 69.8 Å². The van der Waals surface area contributed by atoms with Crippen molar-refractivity contribution in [1.29, 1.82) is 0 Å². The van der Waals surface area contributed by atoms with Gasteiger partial charge in [-0.3, -0.25) is 0 Å². The predicted molar refractivity (Wildman–Crippen MR) is 48.6 cm³/mol. The van der Waals surface area contributed by atoms with Crippen molar-refractivity contribution in [3.8, 4) is 0 Å². The van der Waals surface area contributed by atoms with Crippen LogP contribution in [0, 0.1) is 0 Å². The first-order valence-electron chi connectivity index (χ1n) is 4.65. The fourth-order valence-corrected chi connectivity index (χ4v) is 1.88. The van der Waals surface area contributed by atoms with E-state index in [4.69, 9.17) is 5.73 Å². The summed E-state index contributed by atoms with van der Waals surface area (Å²) in [5.74, 6) is 0. The molecular formula is C9H20N2. The summed E-state index contributed by atoms with van der Waals surface area (Å²) in [6.07, 6.45) is 3.70. The molecule has 11 heavy (non-hydrogen) atoms. The van der Waals surface area contributed by atoms with E-state index < -0.39 is 0 Å². The van der Waals surface area contributed by atoms with Crippen LogP contribution < -0.4 is 5.73 Å². The van der Waals surface area contributed by atoms with E-state index in [1.165, 1.54) is 32.4 Å². The number of rotatable bonds is 2. The third-order valence-electron chi connectivity index (χ3n) is 2.35. The van der Waals surface area contributed by atoms with E-state index in [9.17, 15) is 0 Å². The molecule has 1 rings (SSSR count). The minimum atomic E-state index is 0.0768. The second kappa shape index (κ2) is 3.55. The Hall–Kier alpha value is -0.0800. The number of hydrogen-bond acceptors (Lipinski definition) is 2. The van der Waals surface area contributed by atoms with Gasteiger partial charge in [-0.25, -0.2) is 0 Å². The molecule has 2 N–H and O–H groups in total. The monoisotopic (exact) mass is 156 g/mol. The average Bonchev–Trinajstić information content (AvgIpc) is 1.85. The molecule has 0 aromatic heterocycles. The zero-order valence-electron chi connectivity index (χ0n) is 7.77. The molecule has 0 aliphatic carbocycles. The van der Waals surface area contributed by atoms with Crippen LogP contribution in [0.1, 0.15) is 33.1 Å². The highest BCUT2D eigenvalue weighted by Crippen LogP contribution is 2.17. The van der Waals surface area contributed by atoms with Crippen LogP contribution in [0.25, 0.3) is 0 Å². The van der Waals surface area contributed by atoms with Crippen molar-refractivity contribution >= 4 is 0 Å². The number of hydrogen-bond donors (Lipinski definition) is 1. The predicted octanol–water partition coefficient (Wildman–Crippen LogP) is 1.21. The Morgan fingerprint density at radius 1 is 1.55 bits per heavy atom. The topological polar surface area (TPSA) is 29.3 Å². The summed E-state index contributed by atoms with van der Waals surface area (Å²) in [6.45, 7) is 7.94. The minimum absolute atomic E-state index is 0.0768. The molecule has 0 spiro atoms. The zero-order valence-corrected chi connectivity index (χ0v) is 7.77. The fourth-order valence-electron chi connectivity index (χ4n) is 1.88. The van der Waals surface area contributed by atoms with E-state index in [-0.39, 0.29) is 5.54 Å². The Morgan fingerprint density at radius 2 is 2.27 bits per heavy atom. The zero-order chi connectivity index (χ0) is 8.32. The molecule has 2 heteroatoms. The van der Waals surface area contributed by atoms with Gasteiger partial charge < -0.3 is 10.6 Å². The average molecular weight is 156 g/mol. The summed E-state index contributed by atoms with van der Waals surface area (Å²) in [7, 11) is 0. The molecule has 0 aromatic carbocycles. The number of likely N-dealkylation sites (tertiary alicyclic amines) is 1. The van der Waals surface area contributed by atoms with Crippen molar-refractivity contribution in [1.82, 2.24) is 4.90 Å². The first-order chi connectivity index (χ1) is 5.14. The van der Waals surface area contributed by atoms with Gasteiger partial charge in [0.25, 0.3) is 0 Å². The number of nitrogens with two attached hydrogens (primary N) is 1. The van der Waals surface area contributed by atoms with E-state index in [0.717, 1.165) is 6.54 Å². The minimum Gasteiger partial charge on any atom is -0.324 e. The lowest BCUT2D eigenvalue weighted by atomic mass is 9.92. The highest BCUT2D eigenvalue weighted by Gasteiger charge is 2.25. The SMILES string of the molecule is CCCN1CCCC(C)(N)C1. The summed E-state index contributed by atoms with van der Waals surface area (Å²) < 4.78 is 0. The third kappa shape index (κ3) is 2.80. The Bertz CT molecular complexity index is 119. The second-order valence-corrected chi connectivity index (χ2v) is 4.03. The standard InChI is InChI=1S/C9H20N2/c1-3-6-11-7-4-5-9(2,10)8-11/h3-8,10H2,1-2H3. The first-order valence-corrected chi connectivity index (χ1v) is 4.65. The molecule has 0 aromatic rings. The molecule has 66 valence electrons. The highest BCUT2D eigenvalue weighted by molar-refractivity contribution is 4.86. The van der Waals surface area contributed by atoms with Gasteiger partial charge in [-0.05, 0) is 39.3 Å². The van der Waals surface area contributed by atoms with Gasteiger partial charge in [0.15, 0.2) is 0 Å². The van der Waals surface area contributed by atoms with Gasteiger partial charge >= 0.3 is 0 Å². The van der Waals surface area contributed by atoms with E-state index in [2.05, 4.69) is 18.7 Å². The van der Waals surface area contributed by atoms with Gasteiger partial charge in [0.1, 0.15) is 0 Å². The van der Waals surface area contributed by atoms with Crippen LogP contribution in [-0.2, 0) is 0 Å². The van der Waals surface area contributed by atoms with Gasteiger partial charge in [-0.15, -0.1) is 0 Å². The molecular weight excluding hydrogens is 136 g/mol. The summed E-state index contributed by atoms with van der Waals surface area (Å²) in [5, 5.41) is 0. The maximum absolute atomic E-state index is 6.06. The van der Waals surface area contributed by atoms with Crippen molar-refractivity contribution in [3.63, 3.8) is 0 Å². The lowest BCUT2D eigenvalue weighted by Crippen LogP contribution is -2.52. The molecule has 2 nitrogen and oxygen atoms in total. The quantitative estimate of drug-likeness (QED) is 0.651. The molecule has 0 amide bonds. The van der Waals surface area contributed by atoms with Crippen LogP contribution in [-0.4, -0.2) is 30.1 Å². The van der Waals surface area contributed by atoms with Crippen LogP contribution in [0.5, 0.6) is 0 Å². The molecule has 0 radical (unpaired) electrons. The van der Waals surface area contributed by atoms with E-state index >= 15 is 0 Å². The molecule has 0 saturated carbocycles. The summed E-state index contributed by atoms with van der Waals surface area (Å²) in [5.41, 5.74) is 6.13. The van der Waals surface area contributed by atoms with Crippen molar-refractivity contribution in [2.24, 2.45) is 5.73 Å². The van der Waals surface area contributed by atoms with Gasteiger partial charge in [-0.1, -0.05) is 6.92 Å². The second-order valence-electron chi connectivity index (χ2n) is 4.03. The van der Waals surface area contributed by atoms with Crippen LogP contribution in [0.3, 0.4) is 0 Å². The third-order valence-corrected chi connectivity index (χ3v) is 2.35. The van der Waals surface area contributed by atoms with Crippen LogP contribution in [0.15, 0.2) is 0 Å². The van der Waals surface area contributed by atoms with Crippen molar-refractivity contribution in [2.45, 2.75) is 38.6 Å². The molecule has 1 fully saturated rings. The van der Waals surface area contributed by atoms with E-state index in [1.54, 1.807) is 0 Å². The van der Waals surface area contributed by atoms with Gasteiger partial charge in [0.2, 0.25) is 0 Å². The smallest absolute Gasteiger partial charge is 0.0255 e. The van der Waals surface area contributed by atoms with E-state index in [0.29, 0.717) is 0 Å². The molecule has 1 atom stereocenters. The normalized spacial score (nSPS) is 34.1. The molecule has 1 aliphatic heterocycles. The maximum atomic E-state index is 6.06. The van der Waals surface area contributed by atoms with E-state index in [1.807, 2.05) is 0 Å². The molecule has 0 bridgehead atoms. The largest absolute Gasteiger partial charge is 0.324 e. The van der Waals surface area contributed by atoms with Crippen molar-refractivity contribution in [2.75, 3.05) is 19.6 Å². The fraction of sp³-hybridized carbons (Fsp3) is 1.00. The number of piperidine rings is 1. The molecule has 1 aliphatic rings. The van der Waals surface area contributed by atoms with Gasteiger partial charge in [0, 0.05) is 12.1 Å². The Morgan fingerprint density at radius 3 is 2.82 bits per heavy atom. The van der Waals surface area contributed by atoms with Crippen LogP contribution >= 0.6 is 0 Å². The van der Waals surface area contributed by atoms with Crippen LogP contribution in [0.4, 0.5) is 0 Å². The molecule has 1 saturated heterocycles. The highest BCUT2D eigenvalue weighted by atomic mass is 15.2. The lowest BCUT2D eigenvalue weighted by Gasteiger charge is -2.37. The summed E-state index contributed by atoms with van der Waals surface area (Å²) in [6, 6.07) is 0. The van der Waals surface area contributed by atoms with Gasteiger partial charge in [-0.2, -0.15) is 0 Å². The number of nitrogens with zero attached hydrogens (tertiary/aromatic N) is 1. The lowest BCUT2D eigenvalue weighted by molar-refractivity contribution is 0.161. The summed E-state index contributed by atoms with van der Waals surface area (Å²) in [4.78, 5) is 2.48. The van der Waals surface area contributed by atoms with Crippen molar-refractivity contribution < 1.29 is 0 Å².